The van der Waals surface area contributed by atoms with Crippen LogP contribution in [0.25, 0.3) is 0 Å². The molecule has 1 aliphatic carbocycles. The van der Waals surface area contributed by atoms with Gasteiger partial charge in [-0.2, -0.15) is 0 Å². The molecule has 3 rings (SSSR count). The number of hydrogen-bond donors (Lipinski definition) is 1. The van der Waals surface area contributed by atoms with Crippen molar-refractivity contribution in [3.8, 4) is 5.75 Å². The lowest BCUT2D eigenvalue weighted by atomic mass is 9.91. The Bertz CT molecular complexity index is 435. The van der Waals surface area contributed by atoms with Crippen LogP contribution in [0.15, 0.2) is 12.1 Å². The van der Waals surface area contributed by atoms with Gasteiger partial charge < -0.3 is 10.1 Å². The number of nitrogens with one attached hydrogen (secondary N) is 1. The highest BCUT2D eigenvalue weighted by atomic mass is 16.5. The third-order valence-electron chi connectivity index (χ3n) is 3.81. The molecule has 2 aliphatic rings. The Kier molecular flexibility index (Phi) is 2.62. The van der Waals surface area contributed by atoms with Gasteiger partial charge in [0.05, 0.1) is 6.04 Å². The number of hydrogen-bond acceptors (Lipinski definition) is 2. The molecule has 1 saturated carbocycles. The van der Waals surface area contributed by atoms with Crippen LogP contribution in [0.4, 0.5) is 0 Å². The molecule has 2 heteroatoms. The molecule has 1 N–H and O–H groups in total. The summed E-state index contributed by atoms with van der Waals surface area (Å²) in [5, 5.41) is 3.71. The van der Waals surface area contributed by atoms with E-state index in [4.69, 9.17) is 4.74 Å². The Balaban J connectivity index is 2.00. The van der Waals surface area contributed by atoms with E-state index < -0.39 is 0 Å². The van der Waals surface area contributed by atoms with Gasteiger partial charge in [0.25, 0.3) is 0 Å². The molecule has 0 radical (unpaired) electrons. The monoisotopic (exact) mass is 231 g/mol. The SMILES string of the molecule is Cc1ccc(C(C)C)c2c1OCC2NC1CC1. The lowest BCUT2D eigenvalue weighted by molar-refractivity contribution is 0.309. The van der Waals surface area contributed by atoms with Crippen LogP contribution in [0.5, 0.6) is 5.75 Å². The van der Waals surface area contributed by atoms with E-state index in [1.54, 1.807) is 0 Å². The lowest BCUT2D eigenvalue weighted by Gasteiger charge is -2.17. The zero-order valence-electron chi connectivity index (χ0n) is 10.9. The minimum absolute atomic E-state index is 0.412. The van der Waals surface area contributed by atoms with Crippen molar-refractivity contribution in [1.82, 2.24) is 5.32 Å². The summed E-state index contributed by atoms with van der Waals surface area (Å²) in [6, 6.07) is 5.60. The minimum Gasteiger partial charge on any atom is -0.491 e. The largest absolute Gasteiger partial charge is 0.491 e. The van der Waals surface area contributed by atoms with Gasteiger partial charge in [-0.25, -0.2) is 0 Å². The highest BCUT2D eigenvalue weighted by molar-refractivity contribution is 5.51. The van der Waals surface area contributed by atoms with Crippen LogP contribution < -0.4 is 10.1 Å². The fourth-order valence-electron chi connectivity index (χ4n) is 2.69. The van der Waals surface area contributed by atoms with Crippen LogP contribution in [0.1, 0.15) is 55.3 Å². The first-order chi connectivity index (χ1) is 8.16. The normalized spacial score (nSPS) is 22.7. The summed E-state index contributed by atoms with van der Waals surface area (Å²) in [7, 11) is 0. The average Bonchev–Trinajstić information content (AvgIpc) is 2.99. The van der Waals surface area contributed by atoms with Crippen molar-refractivity contribution in [2.75, 3.05) is 6.61 Å². The second-order valence-corrected chi connectivity index (χ2v) is 5.67. The number of rotatable bonds is 3. The molecule has 1 fully saturated rings. The van der Waals surface area contributed by atoms with Gasteiger partial charge in [0.1, 0.15) is 12.4 Å². The first-order valence-corrected chi connectivity index (χ1v) is 6.69. The van der Waals surface area contributed by atoms with Gasteiger partial charge in [-0.05, 0) is 36.8 Å². The Morgan fingerprint density at radius 3 is 2.71 bits per heavy atom. The van der Waals surface area contributed by atoms with Gasteiger partial charge in [0.15, 0.2) is 0 Å². The number of benzene rings is 1. The van der Waals surface area contributed by atoms with Crippen LogP contribution in [0, 0.1) is 6.92 Å². The molecule has 0 spiro atoms. The number of fused-ring (bicyclic) bond motifs is 1. The van der Waals surface area contributed by atoms with Gasteiger partial charge >= 0.3 is 0 Å². The Hall–Kier alpha value is -1.02. The average molecular weight is 231 g/mol. The van der Waals surface area contributed by atoms with Gasteiger partial charge in [-0.1, -0.05) is 26.0 Å². The first kappa shape index (κ1) is 11.1. The quantitative estimate of drug-likeness (QED) is 0.861. The zero-order chi connectivity index (χ0) is 12.0. The third kappa shape index (κ3) is 1.95. The molecule has 1 heterocycles. The fourth-order valence-corrected chi connectivity index (χ4v) is 2.69. The van der Waals surface area contributed by atoms with Crippen molar-refractivity contribution < 1.29 is 4.74 Å². The smallest absolute Gasteiger partial charge is 0.127 e. The molecule has 17 heavy (non-hydrogen) atoms. The molecule has 1 atom stereocenters. The Morgan fingerprint density at radius 2 is 2.06 bits per heavy atom. The minimum atomic E-state index is 0.412. The molecule has 0 bridgehead atoms. The maximum atomic E-state index is 5.90. The second kappa shape index (κ2) is 4.02. The summed E-state index contributed by atoms with van der Waals surface area (Å²) in [5.41, 5.74) is 4.14. The van der Waals surface area contributed by atoms with Gasteiger partial charge in [0.2, 0.25) is 0 Å². The number of aryl methyl sites for hydroxylation is 1. The number of ether oxygens (including phenoxy) is 1. The molecule has 1 unspecified atom stereocenters. The van der Waals surface area contributed by atoms with Crippen molar-refractivity contribution >= 4 is 0 Å². The molecule has 0 saturated heterocycles. The van der Waals surface area contributed by atoms with Gasteiger partial charge in [-0.3, -0.25) is 0 Å². The molecular formula is C15H21NO. The molecule has 0 amide bonds. The van der Waals surface area contributed by atoms with Crippen molar-refractivity contribution in [1.29, 1.82) is 0 Å². The summed E-state index contributed by atoms with van der Waals surface area (Å²) >= 11 is 0. The summed E-state index contributed by atoms with van der Waals surface area (Å²) in [5.74, 6) is 1.70. The zero-order valence-corrected chi connectivity index (χ0v) is 10.9. The first-order valence-electron chi connectivity index (χ1n) is 6.69. The van der Waals surface area contributed by atoms with E-state index >= 15 is 0 Å². The van der Waals surface area contributed by atoms with E-state index in [0.717, 1.165) is 18.4 Å². The summed E-state index contributed by atoms with van der Waals surface area (Å²) < 4.78 is 5.90. The predicted octanol–water partition coefficient (Wildman–Crippen LogP) is 3.30. The van der Waals surface area contributed by atoms with Crippen LogP contribution in [0.2, 0.25) is 0 Å². The molecule has 1 aliphatic heterocycles. The summed E-state index contributed by atoms with van der Waals surface area (Å²) in [6.07, 6.45) is 2.66. The lowest BCUT2D eigenvalue weighted by Crippen LogP contribution is -2.25. The van der Waals surface area contributed by atoms with E-state index in [2.05, 4.69) is 38.2 Å². The van der Waals surface area contributed by atoms with Crippen LogP contribution in [0.3, 0.4) is 0 Å². The Labute approximate surface area is 103 Å². The van der Waals surface area contributed by atoms with Crippen LogP contribution >= 0.6 is 0 Å². The molecule has 1 aromatic rings. The topological polar surface area (TPSA) is 21.3 Å². The molecular weight excluding hydrogens is 210 g/mol. The standard InChI is InChI=1S/C15H21NO/c1-9(2)12-7-4-10(3)15-14(12)13(8-17-15)16-11-5-6-11/h4,7,9,11,13,16H,5-6,8H2,1-3H3. The van der Waals surface area contributed by atoms with E-state index in [1.807, 2.05) is 0 Å². The van der Waals surface area contributed by atoms with Crippen molar-refractivity contribution in [2.45, 2.75) is 51.6 Å². The van der Waals surface area contributed by atoms with Crippen LogP contribution in [-0.4, -0.2) is 12.6 Å². The molecule has 0 aromatic heterocycles. The molecule has 2 nitrogen and oxygen atoms in total. The summed E-state index contributed by atoms with van der Waals surface area (Å²) in [4.78, 5) is 0. The van der Waals surface area contributed by atoms with E-state index in [0.29, 0.717) is 12.0 Å². The third-order valence-corrected chi connectivity index (χ3v) is 3.81. The summed E-state index contributed by atoms with van der Waals surface area (Å²) in [6.45, 7) is 7.47. The highest BCUT2D eigenvalue weighted by Crippen LogP contribution is 2.41. The van der Waals surface area contributed by atoms with Crippen molar-refractivity contribution in [3.63, 3.8) is 0 Å². The second-order valence-electron chi connectivity index (χ2n) is 5.67. The Morgan fingerprint density at radius 1 is 1.29 bits per heavy atom. The predicted molar refractivity (Wildman–Crippen MR) is 69.7 cm³/mol. The van der Waals surface area contributed by atoms with E-state index in [-0.39, 0.29) is 0 Å². The highest BCUT2D eigenvalue weighted by Gasteiger charge is 2.33. The van der Waals surface area contributed by atoms with Gasteiger partial charge in [0, 0.05) is 11.6 Å². The van der Waals surface area contributed by atoms with Gasteiger partial charge in [-0.15, -0.1) is 0 Å². The molecule has 1 aromatic carbocycles. The maximum Gasteiger partial charge on any atom is 0.127 e. The van der Waals surface area contributed by atoms with E-state index in [1.165, 1.54) is 29.5 Å². The van der Waals surface area contributed by atoms with Crippen LogP contribution in [-0.2, 0) is 0 Å². The molecule has 92 valence electrons. The van der Waals surface area contributed by atoms with Crippen molar-refractivity contribution in [2.24, 2.45) is 0 Å². The van der Waals surface area contributed by atoms with E-state index in [9.17, 15) is 0 Å². The van der Waals surface area contributed by atoms with Crippen molar-refractivity contribution in [3.05, 3.63) is 28.8 Å². The maximum absolute atomic E-state index is 5.90. The fraction of sp³-hybridized carbons (Fsp3) is 0.600.